The number of rotatable bonds is 6. The van der Waals surface area contributed by atoms with Gasteiger partial charge in [-0.1, -0.05) is 18.0 Å². The minimum atomic E-state index is 0.508. The number of hydrogen-bond acceptors (Lipinski definition) is 9. The van der Waals surface area contributed by atoms with Gasteiger partial charge in [-0.3, -0.25) is 9.38 Å². The van der Waals surface area contributed by atoms with Gasteiger partial charge in [-0.2, -0.15) is 0 Å². The minimum Gasteiger partial charge on any atom is -0.354 e. The van der Waals surface area contributed by atoms with Crippen LogP contribution in [0.1, 0.15) is 0 Å². The molecule has 6 heterocycles. The fraction of sp³-hybridized carbons (Fsp3) is 0.192. The molecule has 1 aliphatic rings. The van der Waals surface area contributed by atoms with E-state index >= 15 is 0 Å². The van der Waals surface area contributed by atoms with Gasteiger partial charge in [0, 0.05) is 62.1 Å². The van der Waals surface area contributed by atoms with Crippen LogP contribution in [0, 0.1) is 0 Å². The molecule has 0 saturated carbocycles. The van der Waals surface area contributed by atoms with Crippen LogP contribution in [0.3, 0.4) is 0 Å². The molecule has 180 valence electrons. The standard InChI is InChI=1S/C26H25N9S/c1-36-34-13-11-33(12-14-34)24-7-5-21(16-29-24)31-26-28-10-8-22(32-26)23-17-30-25-6-4-20(18-35(23)25)19-3-2-9-27-15-19/h2-10,15-18H,11-14H2,1H3,(H,28,31,32). The van der Waals surface area contributed by atoms with Crippen LogP contribution in [0.4, 0.5) is 17.5 Å². The zero-order valence-corrected chi connectivity index (χ0v) is 20.6. The molecule has 0 aliphatic carbocycles. The number of pyridine rings is 3. The van der Waals surface area contributed by atoms with Crippen LogP contribution in [0.25, 0.3) is 28.2 Å². The Morgan fingerprint density at radius 3 is 2.53 bits per heavy atom. The Kier molecular flexibility index (Phi) is 6.18. The average molecular weight is 496 g/mol. The van der Waals surface area contributed by atoms with Crippen LogP contribution in [-0.4, -0.2) is 66.1 Å². The van der Waals surface area contributed by atoms with Gasteiger partial charge in [0.05, 0.1) is 29.5 Å². The summed E-state index contributed by atoms with van der Waals surface area (Å²) in [5, 5.41) is 3.29. The molecule has 0 amide bonds. The number of anilines is 3. The molecule has 5 aromatic heterocycles. The third-order valence-electron chi connectivity index (χ3n) is 6.24. The quantitative estimate of drug-likeness (QED) is 0.345. The third-order valence-corrected chi connectivity index (χ3v) is 7.12. The van der Waals surface area contributed by atoms with Crippen LogP contribution in [-0.2, 0) is 0 Å². The first-order valence-electron chi connectivity index (χ1n) is 11.7. The third kappa shape index (κ3) is 4.60. The summed E-state index contributed by atoms with van der Waals surface area (Å²) in [6.45, 7) is 4.04. The Morgan fingerprint density at radius 1 is 0.833 bits per heavy atom. The molecule has 0 atom stereocenters. The minimum absolute atomic E-state index is 0.508. The number of imidazole rings is 1. The van der Waals surface area contributed by atoms with E-state index in [1.807, 2.05) is 59.4 Å². The second-order valence-corrected chi connectivity index (χ2v) is 9.31. The van der Waals surface area contributed by atoms with Crippen LogP contribution in [0.2, 0.25) is 0 Å². The molecule has 0 unspecified atom stereocenters. The molecule has 36 heavy (non-hydrogen) atoms. The predicted molar refractivity (Wildman–Crippen MR) is 144 cm³/mol. The Bertz CT molecular complexity index is 1460. The molecule has 0 bridgehead atoms. The van der Waals surface area contributed by atoms with Crippen LogP contribution < -0.4 is 10.2 Å². The second kappa shape index (κ2) is 9.92. The van der Waals surface area contributed by atoms with Crippen molar-refractivity contribution in [3.63, 3.8) is 0 Å². The first-order valence-corrected chi connectivity index (χ1v) is 12.9. The maximum Gasteiger partial charge on any atom is 0.227 e. The maximum atomic E-state index is 4.75. The van der Waals surface area contributed by atoms with Crippen LogP contribution >= 0.6 is 11.9 Å². The molecule has 0 aromatic carbocycles. The van der Waals surface area contributed by atoms with Crippen molar-refractivity contribution in [2.24, 2.45) is 0 Å². The molecule has 1 saturated heterocycles. The van der Waals surface area contributed by atoms with E-state index in [0.717, 1.165) is 65.8 Å². The second-order valence-electron chi connectivity index (χ2n) is 8.43. The van der Waals surface area contributed by atoms with Crippen molar-refractivity contribution in [1.29, 1.82) is 0 Å². The van der Waals surface area contributed by atoms with E-state index in [9.17, 15) is 0 Å². The number of aromatic nitrogens is 6. The van der Waals surface area contributed by atoms with Crippen LogP contribution in [0.5, 0.6) is 0 Å². The van der Waals surface area contributed by atoms with Gasteiger partial charge in [0.15, 0.2) is 0 Å². The van der Waals surface area contributed by atoms with Crippen molar-refractivity contribution in [3.05, 3.63) is 79.6 Å². The molecule has 1 aliphatic heterocycles. The number of fused-ring (bicyclic) bond motifs is 1. The molecular formula is C26H25N9S. The molecule has 10 heteroatoms. The Morgan fingerprint density at radius 2 is 1.75 bits per heavy atom. The predicted octanol–water partition coefficient (Wildman–Crippen LogP) is 4.39. The average Bonchev–Trinajstić information content (AvgIpc) is 3.38. The van der Waals surface area contributed by atoms with E-state index in [-0.39, 0.29) is 0 Å². The first-order chi connectivity index (χ1) is 17.8. The number of piperazine rings is 1. The largest absolute Gasteiger partial charge is 0.354 e. The zero-order valence-electron chi connectivity index (χ0n) is 19.8. The molecule has 0 radical (unpaired) electrons. The molecule has 1 fully saturated rings. The van der Waals surface area contributed by atoms with E-state index in [1.54, 1.807) is 24.3 Å². The Labute approximate surface area is 213 Å². The summed E-state index contributed by atoms with van der Waals surface area (Å²) in [6.07, 6.45) is 13.2. The highest BCUT2D eigenvalue weighted by Gasteiger charge is 2.17. The molecule has 1 N–H and O–H groups in total. The smallest absolute Gasteiger partial charge is 0.227 e. The van der Waals surface area contributed by atoms with Gasteiger partial charge in [-0.15, -0.1) is 0 Å². The number of nitrogens with zero attached hydrogens (tertiary/aromatic N) is 8. The van der Waals surface area contributed by atoms with Crippen molar-refractivity contribution >= 4 is 35.0 Å². The van der Waals surface area contributed by atoms with E-state index in [2.05, 4.69) is 53.0 Å². The fourth-order valence-corrected chi connectivity index (χ4v) is 4.84. The highest BCUT2D eigenvalue weighted by molar-refractivity contribution is 7.96. The summed E-state index contributed by atoms with van der Waals surface area (Å²) >= 11 is 1.80. The lowest BCUT2D eigenvalue weighted by molar-refractivity contribution is 0.429. The first kappa shape index (κ1) is 22.4. The lowest BCUT2D eigenvalue weighted by Gasteiger charge is -2.33. The van der Waals surface area contributed by atoms with Gasteiger partial charge in [0.2, 0.25) is 5.95 Å². The van der Waals surface area contributed by atoms with Crippen molar-refractivity contribution in [3.8, 4) is 22.5 Å². The van der Waals surface area contributed by atoms with Crippen molar-refractivity contribution in [1.82, 2.24) is 33.6 Å². The summed E-state index contributed by atoms with van der Waals surface area (Å²) in [4.78, 5) is 24.9. The van der Waals surface area contributed by atoms with E-state index < -0.39 is 0 Å². The highest BCUT2D eigenvalue weighted by atomic mass is 32.2. The summed E-state index contributed by atoms with van der Waals surface area (Å²) in [5.41, 5.74) is 5.47. The normalized spacial score (nSPS) is 14.3. The molecular weight excluding hydrogens is 470 g/mol. The van der Waals surface area contributed by atoms with Gasteiger partial charge in [0.25, 0.3) is 0 Å². The van der Waals surface area contributed by atoms with Gasteiger partial charge in [-0.25, -0.2) is 24.2 Å². The molecule has 6 rings (SSSR count). The van der Waals surface area contributed by atoms with Gasteiger partial charge in [0.1, 0.15) is 11.5 Å². The summed E-state index contributed by atoms with van der Waals surface area (Å²) in [6, 6.07) is 14.0. The van der Waals surface area contributed by atoms with E-state index in [0.29, 0.717) is 5.95 Å². The Hall–Kier alpha value is -4.02. The number of nitrogens with one attached hydrogen (secondary N) is 1. The monoisotopic (exact) mass is 495 g/mol. The van der Waals surface area contributed by atoms with Crippen molar-refractivity contribution in [2.45, 2.75) is 0 Å². The van der Waals surface area contributed by atoms with Crippen molar-refractivity contribution in [2.75, 3.05) is 42.7 Å². The SMILES string of the molecule is CSN1CCN(c2ccc(Nc3nccc(-c4cnc5ccc(-c6cccnc6)cn45)n3)cn2)CC1. The van der Waals surface area contributed by atoms with Gasteiger partial charge < -0.3 is 10.2 Å². The molecule has 9 nitrogen and oxygen atoms in total. The van der Waals surface area contributed by atoms with Gasteiger partial charge >= 0.3 is 0 Å². The lowest BCUT2D eigenvalue weighted by Crippen LogP contribution is -2.43. The molecule has 0 spiro atoms. The maximum absolute atomic E-state index is 4.75. The summed E-state index contributed by atoms with van der Waals surface area (Å²) < 4.78 is 4.42. The van der Waals surface area contributed by atoms with E-state index in [4.69, 9.17) is 4.98 Å². The van der Waals surface area contributed by atoms with Crippen molar-refractivity contribution < 1.29 is 0 Å². The van der Waals surface area contributed by atoms with Gasteiger partial charge in [-0.05, 0) is 42.7 Å². The van der Waals surface area contributed by atoms with E-state index in [1.165, 1.54) is 0 Å². The summed E-state index contributed by atoms with van der Waals surface area (Å²) in [5.74, 6) is 1.50. The Balaban J connectivity index is 1.22. The topological polar surface area (TPSA) is 87.4 Å². The molecule has 5 aromatic rings. The lowest BCUT2D eigenvalue weighted by atomic mass is 10.1. The summed E-state index contributed by atoms with van der Waals surface area (Å²) in [7, 11) is 0. The number of hydrogen-bond donors (Lipinski definition) is 1. The fourth-order valence-electron chi connectivity index (χ4n) is 4.31. The highest BCUT2D eigenvalue weighted by Crippen LogP contribution is 2.25. The van der Waals surface area contributed by atoms with Crippen LogP contribution in [0.15, 0.2) is 79.6 Å². The zero-order chi connectivity index (χ0) is 24.3.